The summed E-state index contributed by atoms with van der Waals surface area (Å²) in [5.74, 6) is 2.79. The Morgan fingerprint density at radius 3 is 2.65 bits per heavy atom. The van der Waals surface area contributed by atoms with Crippen molar-refractivity contribution in [1.82, 2.24) is 14.8 Å². The highest BCUT2D eigenvalue weighted by atomic mass is 16.5. The maximum Gasteiger partial charge on any atom is 0.172 e. The number of nitrogens with two attached hydrogens (primary N) is 1. The van der Waals surface area contributed by atoms with Gasteiger partial charge in [0.05, 0.1) is 19.8 Å². The summed E-state index contributed by atoms with van der Waals surface area (Å²) in [6, 6.07) is 5.23. The predicted molar refractivity (Wildman–Crippen MR) is 75.9 cm³/mol. The van der Waals surface area contributed by atoms with Crippen molar-refractivity contribution in [3.63, 3.8) is 0 Å². The second-order valence-corrected chi connectivity index (χ2v) is 4.46. The second kappa shape index (κ2) is 5.92. The van der Waals surface area contributed by atoms with Gasteiger partial charge in [-0.15, -0.1) is 0 Å². The van der Waals surface area contributed by atoms with Crippen LogP contribution in [0.5, 0.6) is 11.5 Å². The van der Waals surface area contributed by atoms with Crippen LogP contribution in [0.25, 0.3) is 0 Å². The molecule has 20 heavy (non-hydrogen) atoms. The van der Waals surface area contributed by atoms with Crippen LogP contribution >= 0.6 is 0 Å². The number of hydrogen-bond acceptors (Lipinski definition) is 5. The van der Waals surface area contributed by atoms with Crippen LogP contribution in [0.1, 0.15) is 30.2 Å². The largest absolute Gasteiger partial charge is 0.493 e. The van der Waals surface area contributed by atoms with Gasteiger partial charge in [-0.1, -0.05) is 6.07 Å². The first-order chi connectivity index (χ1) is 9.56. The Kier molecular flexibility index (Phi) is 4.24. The lowest BCUT2D eigenvalue weighted by Crippen LogP contribution is -2.14. The number of hydrogen-bond donors (Lipinski definition) is 1. The van der Waals surface area contributed by atoms with E-state index in [-0.39, 0.29) is 6.04 Å². The molecule has 2 N–H and O–H groups in total. The van der Waals surface area contributed by atoms with Crippen LogP contribution < -0.4 is 15.2 Å². The van der Waals surface area contributed by atoms with E-state index in [1.807, 2.05) is 39.1 Å². The number of aryl methyl sites for hydroxylation is 2. The Balaban J connectivity index is 2.34. The summed E-state index contributed by atoms with van der Waals surface area (Å²) >= 11 is 0. The topological polar surface area (TPSA) is 75.2 Å². The van der Waals surface area contributed by atoms with Crippen LogP contribution in [0.4, 0.5) is 0 Å². The number of ether oxygens (including phenoxy) is 2. The number of benzene rings is 1. The molecule has 0 bridgehead atoms. The first-order valence-corrected chi connectivity index (χ1v) is 6.50. The van der Waals surface area contributed by atoms with Crippen molar-refractivity contribution in [2.75, 3.05) is 13.7 Å². The molecule has 0 aliphatic rings. The van der Waals surface area contributed by atoms with E-state index in [0.717, 1.165) is 11.4 Å². The van der Waals surface area contributed by atoms with E-state index in [9.17, 15) is 0 Å². The maximum atomic E-state index is 6.22. The van der Waals surface area contributed by atoms with Crippen LogP contribution in [-0.2, 0) is 7.05 Å². The van der Waals surface area contributed by atoms with Crippen LogP contribution in [0.2, 0.25) is 0 Å². The smallest absolute Gasteiger partial charge is 0.172 e. The molecule has 1 atom stereocenters. The molecule has 0 spiro atoms. The van der Waals surface area contributed by atoms with E-state index in [1.165, 1.54) is 0 Å². The third-order valence-corrected chi connectivity index (χ3v) is 3.12. The Morgan fingerprint density at radius 2 is 2.10 bits per heavy atom. The molecule has 2 rings (SSSR count). The minimum absolute atomic E-state index is 0.389. The summed E-state index contributed by atoms with van der Waals surface area (Å²) in [4.78, 5) is 4.36. The van der Waals surface area contributed by atoms with Gasteiger partial charge in [0.25, 0.3) is 0 Å². The molecule has 6 nitrogen and oxygen atoms in total. The summed E-state index contributed by atoms with van der Waals surface area (Å²) in [5.41, 5.74) is 7.11. The van der Waals surface area contributed by atoms with Gasteiger partial charge in [-0.3, -0.25) is 4.68 Å². The van der Waals surface area contributed by atoms with Crippen LogP contribution in [0.15, 0.2) is 18.2 Å². The Labute approximate surface area is 118 Å². The highest BCUT2D eigenvalue weighted by Gasteiger charge is 2.17. The molecule has 0 saturated heterocycles. The van der Waals surface area contributed by atoms with Crippen LogP contribution in [0, 0.1) is 6.92 Å². The van der Waals surface area contributed by atoms with Gasteiger partial charge in [0.15, 0.2) is 17.3 Å². The zero-order chi connectivity index (χ0) is 14.7. The van der Waals surface area contributed by atoms with E-state index in [1.54, 1.807) is 11.8 Å². The third-order valence-electron chi connectivity index (χ3n) is 3.12. The number of methoxy groups -OCH3 is 1. The molecular formula is C14H20N4O2. The van der Waals surface area contributed by atoms with Gasteiger partial charge >= 0.3 is 0 Å². The Hall–Kier alpha value is -2.08. The number of nitrogens with zero attached hydrogens (tertiary/aromatic N) is 3. The lowest BCUT2D eigenvalue weighted by Gasteiger charge is -2.13. The van der Waals surface area contributed by atoms with Gasteiger partial charge in [0.1, 0.15) is 5.82 Å². The maximum absolute atomic E-state index is 6.22. The molecular weight excluding hydrogens is 256 g/mol. The Bertz CT molecular complexity index is 575. The van der Waals surface area contributed by atoms with Crippen molar-refractivity contribution in [1.29, 1.82) is 0 Å². The monoisotopic (exact) mass is 276 g/mol. The number of rotatable bonds is 5. The molecule has 0 fully saturated rings. The molecule has 0 aliphatic heterocycles. The summed E-state index contributed by atoms with van der Waals surface area (Å²) in [6.07, 6.45) is 0. The quantitative estimate of drug-likeness (QED) is 0.897. The molecule has 0 amide bonds. The molecule has 108 valence electrons. The van der Waals surface area contributed by atoms with Gasteiger partial charge in [-0.25, -0.2) is 4.98 Å². The van der Waals surface area contributed by atoms with Crippen molar-refractivity contribution < 1.29 is 9.47 Å². The summed E-state index contributed by atoms with van der Waals surface area (Å²) in [5, 5.41) is 4.31. The van der Waals surface area contributed by atoms with E-state index >= 15 is 0 Å². The second-order valence-electron chi connectivity index (χ2n) is 4.46. The summed E-state index contributed by atoms with van der Waals surface area (Å²) < 4.78 is 12.5. The highest BCUT2D eigenvalue weighted by Crippen LogP contribution is 2.31. The lowest BCUT2D eigenvalue weighted by molar-refractivity contribution is 0.310. The van der Waals surface area contributed by atoms with E-state index in [2.05, 4.69) is 10.1 Å². The van der Waals surface area contributed by atoms with Crippen molar-refractivity contribution >= 4 is 0 Å². The fourth-order valence-electron chi connectivity index (χ4n) is 1.92. The minimum atomic E-state index is -0.389. The molecule has 1 aromatic heterocycles. The molecule has 1 aromatic carbocycles. The van der Waals surface area contributed by atoms with Crippen LogP contribution in [0.3, 0.4) is 0 Å². The number of aromatic nitrogens is 3. The molecule has 0 saturated carbocycles. The normalized spacial score (nSPS) is 12.2. The average Bonchev–Trinajstić information content (AvgIpc) is 2.78. The van der Waals surface area contributed by atoms with E-state index < -0.39 is 0 Å². The predicted octanol–water partition coefficient (Wildman–Crippen LogP) is 1.58. The Morgan fingerprint density at radius 1 is 1.35 bits per heavy atom. The van der Waals surface area contributed by atoms with Gasteiger partial charge in [-0.05, 0) is 31.5 Å². The third kappa shape index (κ3) is 2.75. The van der Waals surface area contributed by atoms with Gasteiger partial charge in [0.2, 0.25) is 0 Å². The SMILES string of the molecule is CCOc1cc(C(N)c2nc(C)n(C)n2)ccc1OC. The molecule has 2 aromatic rings. The zero-order valence-corrected chi connectivity index (χ0v) is 12.3. The van der Waals surface area contributed by atoms with Crippen molar-refractivity contribution in [2.24, 2.45) is 12.8 Å². The molecule has 0 aliphatic carbocycles. The molecule has 1 unspecified atom stereocenters. The summed E-state index contributed by atoms with van der Waals surface area (Å²) in [7, 11) is 3.46. The first kappa shape index (κ1) is 14.3. The molecule has 0 radical (unpaired) electrons. The highest BCUT2D eigenvalue weighted by molar-refractivity contribution is 5.44. The van der Waals surface area contributed by atoms with Crippen molar-refractivity contribution in [2.45, 2.75) is 19.9 Å². The fourth-order valence-corrected chi connectivity index (χ4v) is 1.92. The average molecular weight is 276 g/mol. The lowest BCUT2D eigenvalue weighted by atomic mass is 10.1. The van der Waals surface area contributed by atoms with E-state index in [4.69, 9.17) is 15.2 Å². The van der Waals surface area contributed by atoms with Gasteiger partial charge < -0.3 is 15.2 Å². The summed E-state index contributed by atoms with van der Waals surface area (Å²) in [6.45, 7) is 4.38. The zero-order valence-electron chi connectivity index (χ0n) is 12.3. The van der Waals surface area contributed by atoms with E-state index in [0.29, 0.717) is 23.9 Å². The van der Waals surface area contributed by atoms with Crippen molar-refractivity contribution in [3.8, 4) is 11.5 Å². The first-order valence-electron chi connectivity index (χ1n) is 6.50. The van der Waals surface area contributed by atoms with Gasteiger partial charge in [0, 0.05) is 7.05 Å². The molecule has 6 heteroatoms. The van der Waals surface area contributed by atoms with Crippen molar-refractivity contribution in [3.05, 3.63) is 35.4 Å². The molecule has 1 heterocycles. The standard InChI is InChI=1S/C14H20N4O2/c1-5-20-12-8-10(6-7-11(12)19-4)13(15)14-16-9(2)18(3)17-14/h6-8,13H,5,15H2,1-4H3. The van der Waals surface area contributed by atoms with Gasteiger partial charge in [-0.2, -0.15) is 5.10 Å². The fraction of sp³-hybridized carbons (Fsp3) is 0.429. The van der Waals surface area contributed by atoms with Crippen LogP contribution in [-0.4, -0.2) is 28.5 Å². The minimum Gasteiger partial charge on any atom is -0.493 e.